The highest BCUT2D eigenvalue weighted by Crippen LogP contribution is 2.40. The maximum absolute atomic E-state index is 11.3. The molecule has 0 fully saturated rings. The van der Waals surface area contributed by atoms with E-state index >= 15 is 0 Å². The minimum atomic E-state index is 0.340. The van der Waals surface area contributed by atoms with E-state index in [0.29, 0.717) is 23.1 Å². The van der Waals surface area contributed by atoms with E-state index in [1.54, 1.807) is 12.4 Å². The molecule has 10 heteroatoms. The van der Waals surface area contributed by atoms with Crippen molar-refractivity contribution in [3.05, 3.63) is 188 Å². The topological polar surface area (TPSA) is 98.3 Å². The number of anilines is 3. The highest BCUT2D eigenvalue weighted by Gasteiger charge is 2.27. The first-order valence-corrected chi connectivity index (χ1v) is 18.5. The summed E-state index contributed by atoms with van der Waals surface area (Å²) in [6, 6.07) is 55.7. The molecule has 11 rings (SSSR count). The van der Waals surface area contributed by atoms with Crippen LogP contribution < -0.4 is 4.90 Å². The molecule has 0 saturated heterocycles. The van der Waals surface area contributed by atoms with Gasteiger partial charge in [-0.2, -0.15) is 25.4 Å². The molecule has 10 nitrogen and oxygen atoms in total. The van der Waals surface area contributed by atoms with Gasteiger partial charge in [-0.05, 0) is 72.8 Å². The van der Waals surface area contributed by atoms with Crippen LogP contribution in [0.4, 0.5) is 17.3 Å². The summed E-state index contributed by atoms with van der Waals surface area (Å²) in [5, 5.41) is 24.6. The van der Waals surface area contributed by atoms with E-state index in [1.165, 1.54) is 0 Å². The van der Waals surface area contributed by atoms with Gasteiger partial charge in [-0.3, -0.25) is 14.0 Å². The van der Waals surface area contributed by atoms with Gasteiger partial charge in [0.2, 0.25) is 5.95 Å². The van der Waals surface area contributed by atoms with Gasteiger partial charge < -0.3 is 0 Å². The van der Waals surface area contributed by atoms with Crippen LogP contribution in [0.3, 0.4) is 0 Å². The van der Waals surface area contributed by atoms with E-state index in [4.69, 9.17) is 9.97 Å². The summed E-state index contributed by atoms with van der Waals surface area (Å²) >= 11 is 0. The summed E-state index contributed by atoms with van der Waals surface area (Å²) in [7, 11) is 0. The van der Waals surface area contributed by atoms with E-state index in [1.807, 2.05) is 124 Å². The number of para-hydroxylation sites is 4. The van der Waals surface area contributed by atoms with Crippen molar-refractivity contribution >= 4 is 60.9 Å². The van der Waals surface area contributed by atoms with E-state index < -0.39 is 0 Å². The van der Waals surface area contributed by atoms with Crippen molar-refractivity contribution in [1.82, 2.24) is 38.7 Å². The first-order chi connectivity index (χ1) is 28.2. The van der Waals surface area contributed by atoms with Crippen LogP contribution in [0.15, 0.2) is 183 Å². The van der Waals surface area contributed by atoms with Crippen molar-refractivity contribution in [2.75, 3.05) is 4.90 Å². The zero-order valence-electron chi connectivity index (χ0n) is 30.3. The third-order valence-electron chi connectivity index (χ3n) is 10.5. The summed E-state index contributed by atoms with van der Waals surface area (Å²) in [4.78, 5) is 12.9. The number of fused-ring (bicyclic) bond motifs is 6. The lowest BCUT2D eigenvalue weighted by atomic mass is 10.2. The summed E-state index contributed by atoms with van der Waals surface area (Å²) in [5.74, 6) is 1.31. The molecule has 0 spiro atoms. The molecule has 6 aromatic carbocycles. The Morgan fingerprint density at radius 3 is 1.23 bits per heavy atom. The summed E-state index contributed by atoms with van der Waals surface area (Å²) in [6.07, 6.45) is 7.36. The predicted molar refractivity (Wildman–Crippen MR) is 224 cm³/mol. The largest absolute Gasteiger partial charge is 0.292 e. The molecule has 0 aliphatic carbocycles. The zero-order valence-corrected chi connectivity index (χ0v) is 30.3. The Morgan fingerprint density at radius 2 is 0.860 bits per heavy atom. The Hall–Kier alpha value is -8.29. The second-order valence-corrected chi connectivity index (χ2v) is 13.7. The highest BCUT2D eigenvalue weighted by molar-refractivity contribution is 6.10. The monoisotopic (exact) mass is 734 g/mol. The Labute approximate surface area is 326 Å². The van der Waals surface area contributed by atoms with Crippen LogP contribution in [0.25, 0.3) is 66.6 Å². The minimum Gasteiger partial charge on any atom is -0.292 e. The van der Waals surface area contributed by atoms with Gasteiger partial charge in [0.1, 0.15) is 11.6 Å². The van der Waals surface area contributed by atoms with Gasteiger partial charge in [0.05, 0.1) is 44.8 Å². The van der Waals surface area contributed by atoms with E-state index in [-0.39, 0.29) is 0 Å². The average Bonchev–Trinajstić information content (AvgIpc) is 4.10. The number of nitriles is 1. The summed E-state index contributed by atoms with van der Waals surface area (Å²) < 4.78 is 7.86. The molecule has 0 saturated carbocycles. The minimum absolute atomic E-state index is 0.340. The Kier molecular flexibility index (Phi) is 7.30. The number of nitrogens with zero attached hydrogens (tertiary/aromatic N) is 10. The van der Waals surface area contributed by atoms with Crippen LogP contribution in [0, 0.1) is 11.3 Å². The molecule has 11 aromatic rings. The fourth-order valence-corrected chi connectivity index (χ4v) is 8.02. The van der Waals surface area contributed by atoms with Gasteiger partial charge in [0.15, 0.2) is 11.6 Å². The Bertz CT molecular complexity index is 3010. The van der Waals surface area contributed by atoms with Crippen LogP contribution in [-0.4, -0.2) is 38.7 Å². The number of aromatic nitrogens is 8. The number of hydrogen-bond acceptors (Lipinski definition) is 6. The van der Waals surface area contributed by atoms with Crippen LogP contribution in [0.2, 0.25) is 0 Å². The average molecular weight is 735 g/mol. The molecule has 268 valence electrons. The molecule has 5 aromatic heterocycles. The lowest BCUT2D eigenvalue weighted by molar-refractivity contribution is 0.877. The van der Waals surface area contributed by atoms with Crippen LogP contribution in [-0.2, 0) is 0 Å². The molecule has 0 amide bonds. The lowest BCUT2D eigenvalue weighted by Gasteiger charge is -2.26. The van der Waals surface area contributed by atoms with E-state index in [9.17, 15) is 5.26 Å². The fraction of sp³-hybridized carbons (Fsp3) is 0. The van der Waals surface area contributed by atoms with Crippen molar-refractivity contribution < 1.29 is 0 Å². The van der Waals surface area contributed by atoms with E-state index in [2.05, 4.69) is 86.1 Å². The summed E-state index contributed by atoms with van der Waals surface area (Å²) in [5.41, 5.74) is 7.39. The Morgan fingerprint density at radius 1 is 0.456 bits per heavy atom. The zero-order chi connectivity index (χ0) is 37.9. The van der Waals surface area contributed by atoms with Crippen molar-refractivity contribution in [3.8, 4) is 29.1 Å². The maximum atomic E-state index is 11.3. The predicted octanol–water partition coefficient (Wildman–Crippen LogP) is 10.4. The van der Waals surface area contributed by atoms with Gasteiger partial charge >= 0.3 is 0 Å². The maximum Gasteiger partial charge on any atom is 0.238 e. The molecule has 0 radical (unpaired) electrons. The fourth-order valence-electron chi connectivity index (χ4n) is 8.02. The van der Waals surface area contributed by atoms with Crippen LogP contribution in [0.5, 0.6) is 0 Å². The molecule has 0 N–H and O–H groups in total. The molecule has 0 aliphatic heterocycles. The molecule has 0 aliphatic rings. The van der Waals surface area contributed by atoms with E-state index in [0.717, 1.165) is 66.4 Å². The standard InChI is InChI=1S/C47H30N10/c48-31-40-45(56-41-21-5-1-17-36(41)37-18-2-6-22-42(37)56)51-47(52-46(40)57-43-23-7-3-19-38(43)39-20-4-8-24-44(39)57)55(34-15-9-13-32(29-34)53-27-11-25-49-53)35-16-10-14-33(30-35)54-28-12-26-50-54/h1-30H. The molecular formula is C47H30N10. The molecular weight excluding hydrogens is 705 g/mol. The first kappa shape index (κ1) is 32.2. The lowest BCUT2D eigenvalue weighted by Crippen LogP contribution is -2.18. The summed E-state index contributed by atoms with van der Waals surface area (Å²) in [6.45, 7) is 0. The van der Waals surface area contributed by atoms with Gasteiger partial charge in [-0.25, -0.2) is 9.36 Å². The first-order valence-electron chi connectivity index (χ1n) is 18.5. The normalized spacial score (nSPS) is 11.5. The Balaban J connectivity index is 1.28. The van der Waals surface area contributed by atoms with Crippen molar-refractivity contribution in [3.63, 3.8) is 0 Å². The molecule has 0 atom stereocenters. The second-order valence-electron chi connectivity index (χ2n) is 13.7. The van der Waals surface area contributed by atoms with Crippen LogP contribution in [0.1, 0.15) is 5.56 Å². The third-order valence-corrected chi connectivity index (χ3v) is 10.5. The number of benzene rings is 6. The van der Waals surface area contributed by atoms with Gasteiger partial charge in [-0.1, -0.05) is 84.9 Å². The van der Waals surface area contributed by atoms with Gasteiger partial charge in [0, 0.05) is 46.3 Å². The molecule has 57 heavy (non-hydrogen) atoms. The second kappa shape index (κ2) is 12.9. The van der Waals surface area contributed by atoms with Gasteiger partial charge in [-0.15, -0.1) is 0 Å². The van der Waals surface area contributed by atoms with Crippen molar-refractivity contribution in [2.24, 2.45) is 0 Å². The number of hydrogen-bond donors (Lipinski definition) is 0. The third kappa shape index (κ3) is 5.11. The molecule has 0 bridgehead atoms. The smallest absolute Gasteiger partial charge is 0.238 e. The quantitative estimate of drug-likeness (QED) is 0.162. The highest BCUT2D eigenvalue weighted by atomic mass is 15.3. The molecule has 5 heterocycles. The van der Waals surface area contributed by atoms with Crippen molar-refractivity contribution in [1.29, 1.82) is 5.26 Å². The van der Waals surface area contributed by atoms with Crippen LogP contribution >= 0.6 is 0 Å². The van der Waals surface area contributed by atoms with Gasteiger partial charge in [0.25, 0.3) is 0 Å². The van der Waals surface area contributed by atoms with Crippen molar-refractivity contribution in [2.45, 2.75) is 0 Å². The number of rotatable bonds is 7. The SMILES string of the molecule is N#Cc1c(-n2c3ccccc3c3ccccc32)nc(N(c2cccc(-n3cccn3)c2)c2cccc(-n3cccn3)c2)nc1-n1c2ccccc2c2ccccc21. The molecule has 0 unspecified atom stereocenters.